The van der Waals surface area contributed by atoms with Crippen molar-refractivity contribution in [3.63, 3.8) is 0 Å². The Morgan fingerprint density at radius 3 is 3.00 bits per heavy atom. The first-order chi connectivity index (χ1) is 9.20. The second-order valence-electron chi connectivity index (χ2n) is 4.72. The second kappa shape index (κ2) is 7.08. The zero-order chi connectivity index (χ0) is 13.7. The summed E-state index contributed by atoms with van der Waals surface area (Å²) >= 11 is 7.45. The van der Waals surface area contributed by atoms with Gasteiger partial charge < -0.3 is 10.2 Å². The molecule has 104 valence electrons. The highest BCUT2D eigenvalue weighted by Gasteiger charge is 2.25. The summed E-state index contributed by atoms with van der Waals surface area (Å²) in [5, 5.41) is 3.30. The lowest BCUT2D eigenvalue weighted by Crippen LogP contribution is -2.48. The van der Waals surface area contributed by atoms with E-state index < -0.39 is 0 Å². The van der Waals surface area contributed by atoms with Crippen molar-refractivity contribution in [2.75, 3.05) is 13.1 Å². The molecule has 0 aliphatic carbocycles. The molecule has 1 fully saturated rings. The Kier molecular flexibility index (Phi) is 5.43. The van der Waals surface area contributed by atoms with E-state index in [0.717, 1.165) is 35.0 Å². The number of nitrogens with one attached hydrogen (secondary N) is 1. The van der Waals surface area contributed by atoms with Gasteiger partial charge in [0.15, 0.2) is 0 Å². The molecule has 1 saturated heterocycles. The maximum atomic E-state index is 12.5. The van der Waals surface area contributed by atoms with Gasteiger partial charge in [0.05, 0.1) is 16.9 Å². The van der Waals surface area contributed by atoms with Gasteiger partial charge in [-0.1, -0.05) is 24.1 Å². The van der Waals surface area contributed by atoms with E-state index in [1.165, 1.54) is 11.3 Å². The number of hydrogen-bond acceptors (Lipinski definition) is 3. The van der Waals surface area contributed by atoms with E-state index in [0.29, 0.717) is 13.1 Å². The molecule has 1 atom stereocenters. The summed E-state index contributed by atoms with van der Waals surface area (Å²) < 4.78 is 0.761. The molecule has 0 spiro atoms. The fraction of sp³-hybridized carbons (Fsp3) is 0.500. The first-order valence-corrected chi connectivity index (χ1v) is 7.77. The van der Waals surface area contributed by atoms with Crippen molar-refractivity contribution in [2.24, 2.45) is 0 Å². The Morgan fingerprint density at radius 2 is 2.42 bits per heavy atom. The number of piperidine rings is 1. The van der Waals surface area contributed by atoms with E-state index in [2.05, 4.69) is 11.9 Å². The van der Waals surface area contributed by atoms with Crippen molar-refractivity contribution in [3.8, 4) is 0 Å². The molecule has 1 amide bonds. The van der Waals surface area contributed by atoms with Gasteiger partial charge in [0.25, 0.3) is 0 Å². The van der Waals surface area contributed by atoms with Crippen molar-refractivity contribution in [2.45, 2.75) is 31.8 Å². The van der Waals surface area contributed by atoms with E-state index in [4.69, 9.17) is 11.6 Å². The Hall–Kier alpha value is -0.840. The van der Waals surface area contributed by atoms with Crippen molar-refractivity contribution in [1.82, 2.24) is 10.2 Å². The van der Waals surface area contributed by atoms with Crippen LogP contribution in [0, 0.1) is 0 Å². The quantitative estimate of drug-likeness (QED) is 0.847. The second-order valence-corrected chi connectivity index (χ2v) is 6.52. The fourth-order valence-electron chi connectivity index (χ4n) is 2.30. The van der Waals surface area contributed by atoms with Gasteiger partial charge in [-0.25, -0.2) is 0 Å². The largest absolute Gasteiger partial charge is 0.332 e. The third kappa shape index (κ3) is 4.06. The van der Waals surface area contributed by atoms with E-state index in [9.17, 15) is 4.79 Å². The van der Waals surface area contributed by atoms with Crippen molar-refractivity contribution < 1.29 is 4.79 Å². The highest BCUT2D eigenvalue weighted by Crippen LogP contribution is 2.23. The van der Waals surface area contributed by atoms with Crippen LogP contribution >= 0.6 is 22.9 Å². The van der Waals surface area contributed by atoms with E-state index >= 15 is 0 Å². The lowest BCUT2D eigenvalue weighted by atomic mass is 10.0. The maximum absolute atomic E-state index is 12.5. The van der Waals surface area contributed by atoms with Gasteiger partial charge in [-0.05, 0) is 31.5 Å². The molecular formula is C14H19ClN2OS. The predicted octanol–water partition coefficient (Wildman–Crippen LogP) is 3.06. The average Bonchev–Trinajstić information content (AvgIpc) is 2.84. The smallest absolute Gasteiger partial charge is 0.240 e. The SMILES string of the molecule is C=CCN(Cc1ccc(Cl)s1)C(=O)[C@@H]1CCCCN1. The molecule has 2 rings (SSSR count). The molecule has 0 unspecified atom stereocenters. The van der Waals surface area contributed by atoms with Crippen molar-refractivity contribution in [3.05, 3.63) is 34.0 Å². The van der Waals surface area contributed by atoms with E-state index in [-0.39, 0.29) is 11.9 Å². The van der Waals surface area contributed by atoms with Gasteiger partial charge in [-0.3, -0.25) is 4.79 Å². The van der Waals surface area contributed by atoms with Crippen LogP contribution in [0.1, 0.15) is 24.1 Å². The first-order valence-electron chi connectivity index (χ1n) is 6.58. The summed E-state index contributed by atoms with van der Waals surface area (Å²) in [5.41, 5.74) is 0. The number of carbonyl (C=O) groups excluding carboxylic acids is 1. The zero-order valence-electron chi connectivity index (χ0n) is 10.9. The molecule has 2 heterocycles. The third-order valence-corrected chi connectivity index (χ3v) is 4.46. The molecule has 1 aromatic rings. The van der Waals surface area contributed by atoms with Crippen LogP contribution in [-0.4, -0.2) is 29.9 Å². The van der Waals surface area contributed by atoms with Gasteiger partial charge in [-0.2, -0.15) is 0 Å². The molecule has 1 N–H and O–H groups in total. The van der Waals surface area contributed by atoms with Crippen LogP contribution in [0.3, 0.4) is 0 Å². The standard InChI is InChI=1S/C14H19ClN2OS/c1-2-9-17(10-11-6-7-13(15)19-11)14(18)12-5-3-4-8-16-12/h2,6-7,12,16H,1,3-5,8-10H2/t12-/m0/s1. The van der Waals surface area contributed by atoms with Gasteiger partial charge in [0, 0.05) is 11.4 Å². The van der Waals surface area contributed by atoms with Gasteiger partial charge in [-0.15, -0.1) is 17.9 Å². The number of carbonyl (C=O) groups is 1. The number of amides is 1. The van der Waals surface area contributed by atoms with Crippen LogP contribution in [0.25, 0.3) is 0 Å². The van der Waals surface area contributed by atoms with Gasteiger partial charge in [0.2, 0.25) is 5.91 Å². The average molecular weight is 299 g/mol. The zero-order valence-corrected chi connectivity index (χ0v) is 12.5. The molecule has 19 heavy (non-hydrogen) atoms. The molecule has 1 aliphatic rings. The third-order valence-electron chi connectivity index (χ3n) is 3.25. The molecule has 1 aliphatic heterocycles. The van der Waals surface area contributed by atoms with E-state index in [1.54, 1.807) is 6.08 Å². The number of thiophene rings is 1. The lowest BCUT2D eigenvalue weighted by molar-refractivity contribution is -0.134. The highest BCUT2D eigenvalue weighted by atomic mass is 35.5. The topological polar surface area (TPSA) is 32.3 Å². The summed E-state index contributed by atoms with van der Waals surface area (Å²) in [6.45, 7) is 5.86. The Labute approximate surface area is 123 Å². The van der Waals surface area contributed by atoms with E-state index in [1.807, 2.05) is 17.0 Å². The van der Waals surface area contributed by atoms with Crippen LogP contribution < -0.4 is 5.32 Å². The normalized spacial score (nSPS) is 19.1. The molecule has 0 saturated carbocycles. The Morgan fingerprint density at radius 1 is 1.58 bits per heavy atom. The maximum Gasteiger partial charge on any atom is 0.240 e. The molecule has 1 aromatic heterocycles. The molecular weight excluding hydrogens is 280 g/mol. The Balaban J connectivity index is 2.01. The van der Waals surface area contributed by atoms with Gasteiger partial charge in [0.1, 0.15) is 0 Å². The lowest BCUT2D eigenvalue weighted by Gasteiger charge is -2.29. The Bertz CT molecular complexity index is 440. The monoisotopic (exact) mass is 298 g/mol. The molecule has 0 radical (unpaired) electrons. The number of hydrogen-bond donors (Lipinski definition) is 1. The molecule has 0 bridgehead atoms. The predicted molar refractivity (Wildman–Crippen MR) is 80.6 cm³/mol. The number of rotatable bonds is 5. The molecule has 5 heteroatoms. The minimum Gasteiger partial charge on any atom is -0.332 e. The molecule has 3 nitrogen and oxygen atoms in total. The number of halogens is 1. The minimum absolute atomic E-state index is 0.0378. The van der Waals surface area contributed by atoms with Crippen LogP contribution in [0.2, 0.25) is 4.34 Å². The molecule has 0 aromatic carbocycles. The summed E-state index contributed by atoms with van der Waals surface area (Å²) in [5.74, 6) is 0.170. The summed E-state index contributed by atoms with van der Waals surface area (Å²) in [7, 11) is 0. The van der Waals surface area contributed by atoms with Crippen LogP contribution in [0.4, 0.5) is 0 Å². The first kappa shape index (κ1) is 14.6. The van der Waals surface area contributed by atoms with Crippen LogP contribution in [0.15, 0.2) is 24.8 Å². The minimum atomic E-state index is -0.0378. The summed E-state index contributed by atoms with van der Waals surface area (Å²) in [6.07, 6.45) is 4.98. The number of nitrogens with zero attached hydrogens (tertiary/aromatic N) is 1. The van der Waals surface area contributed by atoms with Crippen LogP contribution in [0.5, 0.6) is 0 Å². The van der Waals surface area contributed by atoms with Gasteiger partial charge >= 0.3 is 0 Å². The van der Waals surface area contributed by atoms with Crippen molar-refractivity contribution in [1.29, 1.82) is 0 Å². The van der Waals surface area contributed by atoms with Crippen LogP contribution in [-0.2, 0) is 11.3 Å². The van der Waals surface area contributed by atoms with Crippen molar-refractivity contribution >= 4 is 28.8 Å². The highest BCUT2D eigenvalue weighted by molar-refractivity contribution is 7.16. The summed E-state index contributed by atoms with van der Waals surface area (Å²) in [4.78, 5) is 15.4. The summed E-state index contributed by atoms with van der Waals surface area (Å²) in [6, 6.07) is 3.81. The fourth-order valence-corrected chi connectivity index (χ4v) is 3.40.